The van der Waals surface area contributed by atoms with Gasteiger partial charge in [-0.2, -0.15) is 0 Å². The lowest BCUT2D eigenvalue weighted by Crippen LogP contribution is -2.35. The Hall–Kier alpha value is -1.14. The van der Waals surface area contributed by atoms with Crippen molar-refractivity contribution in [1.82, 2.24) is 9.71 Å². The topological polar surface area (TPSA) is 85.1 Å². The highest BCUT2D eigenvalue weighted by atomic mass is 32.2. The fourth-order valence-corrected chi connectivity index (χ4v) is 3.38. The molecule has 1 saturated carbocycles. The van der Waals surface area contributed by atoms with Crippen LogP contribution in [0.1, 0.15) is 32.6 Å². The van der Waals surface area contributed by atoms with Gasteiger partial charge in [-0.05, 0) is 30.9 Å². The third kappa shape index (κ3) is 3.20. The highest BCUT2D eigenvalue weighted by molar-refractivity contribution is 7.89. The molecular weight excluding hydrogens is 250 g/mol. The largest absolute Gasteiger partial charge is 0.383 e. The normalized spacial score (nSPS) is 17.6. The van der Waals surface area contributed by atoms with E-state index in [4.69, 9.17) is 5.73 Å². The van der Waals surface area contributed by atoms with Gasteiger partial charge in [-0.15, -0.1) is 0 Å². The van der Waals surface area contributed by atoms with Crippen LogP contribution in [0.4, 0.5) is 5.82 Å². The van der Waals surface area contributed by atoms with Crippen LogP contribution in [0.25, 0.3) is 0 Å². The van der Waals surface area contributed by atoms with Crippen molar-refractivity contribution < 1.29 is 8.42 Å². The van der Waals surface area contributed by atoms with Gasteiger partial charge in [0.1, 0.15) is 10.7 Å². The zero-order chi connectivity index (χ0) is 13.2. The second-order valence-corrected chi connectivity index (χ2v) is 6.47. The Morgan fingerprint density at radius 1 is 1.56 bits per heavy atom. The van der Waals surface area contributed by atoms with Crippen molar-refractivity contribution in [3.8, 4) is 0 Å². The molecule has 1 aliphatic rings. The molecule has 18 heavy (non-hydrogen) atoms. The van der Waals surface area contributed by atoms with Crippen molar-refractivity contribution in [3.63, 3.8) is 0 Å². The molecule has 0 bridgehead atoms. The molecule has 1 unspecified atom stereocenters. The predicted molar refractivity (Wildman–Crippen MR) is 70.4 cm³/mol. The zero-order valence-electron chi connectivity index (χ0n) is 10.5. The number of nitrogen functional groups attached to an aromatic ring is 1. The smallest absolute Gasteiger partial charge is 0.244 e. The number of hydrogen-bond donors (Lipinski definition) is 2. The average molecular weight is 269 g/mol. The van der Waals surface area contributed by atoms with Crippen LogP contribution in [0, 0.1) is 5.92 Å². The van der Waals surface area contributed by atoms with Crippen molar-refractivity contribution in [2.75, 3.05) is 5.73 Å². The number of nitrogens with zero attached hydrogens (tertiary/aromatic N) is 1. The Balaban J connectivity index is 2.12. The molecule has 1 aromatic heterocycles. The Kier molecular flexibility index (Phi) is 3.87. The fraction of sp³-hybridized carbons (Fsp3) is 0.583. The second kappa shape index (κ2) is 5.24. The van der Waals surface area contributed by atoms with Gasteiger partial charge in [0.2, 0.25) is 10.0 Å². The second-order valence-electron chi connectivity index (χ2n) is 4.79. The van der Waals surface area contributed by atoms with E-state index >= 15 is 0 Å². The highest BCUT2D eigenvalue weighted by Crippen LogP contribution is 2.34. The van der Waals surface area contributed by atoms with E-state index in [0.717, 1.165) is 12.8 Å². The van der Waals surface area contributed by atoms with E-state index in [1.54, 1.807) is 6.07 Å². The van der Waals surface area contributed by atoms with Crippen LogP contribution in [-0.2, 0) is 10.0 Å². The molecule has 0 aromatic carbocycles. The van der Waals surface area contributed by atoms with E-state index in [1.807, 2.05) is 6.92 Å². The maximum Gasteiger partial charge on any atom is 0.244 e. The summed E-state index contributed by atoms with van der Waals surface area (Å²) in [5, 5.41) is 0. The van der Waals surface area contributed by atoms with Crippen molar-refractivity contribution in [2.45, 2.75) is 43.5 Å². The summed E-state index contributed by atoms with van der Waals surface area (Å²) in [5.74, 6) is 0.732. The third-order valence-electron chi connectivity index (χ3n) is 3.22. The first-order valence-corrected chi connectivity index (χ1v) is 7.74. The van der Waals surface area contributed by atoms with Gasteiger partial charge < -0.3 is 5.73 Å². The summed E-state index contributed by atoms with van der Waals surface area (Å²) in [5.41, 5.74) is 5.61. The van der Waals surface area contributed by atoms with Crippen molar-refractivity contribution in [3.05, 3.63) is 18.3 Å². The number of pyridine rings is 1. The van der Waals surface area contributed by atoms with Gasteiger partial charge in [-0.3, -0.25) is 0 Å². The Morgan fingerprint density at radius 3 is 2.83 bits per heavy atom. The molecule has 6 heteroatoms. The van der Waals surface area contributed by atoms with Crippen molar-refractivity contribution in [2.24, 2.45) is 5.92 Å². The minimum absolute atomic E-state index is 0.0119. The molecule has 1 atom stereocenters. The van der Waals surface area contributed by atoms with Gasteiger partial charge in [-0.1, -0.05) is 19.8 Å². The molecule has 0 spiro atoms. The van der Waals surface area contributed by atoms with E-state index in [2.05, 4.69) is 9.71 Å². The maximum atomic E-state index is 12.2. The Labute approximate surface area is 108 Å². The molecule has 3 N–H and O–H groups in total. The summed E-state index contributed by atoms with van der Waals surface area (Å²) >= 11 is 0. The molecule has 1 fully saturated rings. The van der Waals surface area contributed by atoms with Gasteiger partial charge in [0.05, 0.1) is 0 Å². The van der Waals surface area contributed by atoms with Crippen LogP contribution in [0.3, 0.4) is 0 Å². The molecule has 1 aliphatic carbocycles. The summed E-state index contributed by atoms with van der Waals surface area (Å²) in [7, 11) is -3.56. The quantitative estimate of drug-likeness (QED) is 0.820. The molecule has 2 rings (SSSR count). The number of rotatable bonds is 6. The molecule has 0 amide bonds. The monoisotopic (exact) mass is 269 g/mol. The first-order valence-electron chi connectivity index (χ1n) is 6.25. The van der Waals surface area contributed by atoms with Crippen LogP contribution in [0.2, 0.25) is 0 Å². The molecule has 5 nitrogen and oxygen atoms in total. The molecule has 100 valence electrons. The molecule has 1 aromatic rings. The van der Waals surface area contributed by atoms with E-state index in [-0.39, 0.29) is 16.8 Å². The molecule has 0 saturated heterocycles. The number of anilines is 1. The van der Waals surface area contributed by atoms with Crippen LogP contribution < -0.4 is 10.5 Å². The van der Waals surface area contributed by atoms with Gasteiger partial charge >= 0.3 is 0 Å². The number of hydrogen-bond acceptors (Lipinski definition) is 4. The molecule has 0 aliphatic heterocycles. The van der Waals surface area contributed by atoms with Crippen LogP contribution in [0.15, 0.2) is 23.2 Å². The highest BCUT2D eigenvalue weighted by Gasteiger charge is 2.28. The Morgan fingerprint density at radius 2 is 2.28 bits per heavy atom. The third-order valence-corrected chi connectivity index (χ3v) is 4.79. The van der Waals surface area contributed by atoms with Gasteiger partial charge in [0, 0.05) is 12.2 Å². The van der Waals surface area contributed by atoms with Crippen molar-refractivity contribution in [1.29, 1.82) is 0 Å². The lowest BCUT2D eigenvalue weighted by Gasteiger charge is -2.17. The van der Waals surface area contributed by atoms with Crippen LogP contribution in [0.5, 0.6) is 0 Å². The van der Waals surface area contributed by atoms with E-state index < -0.39 is 10.0 Å². The standard InChI is InChI=1S/C12H19N3O2S/c1-2-10(8-9-5-6-9)15-18(16,17)11-4-3-7-14-12(11)13/h3-4,7,9-10,15H,2,5-6,8H2,1H3,(H2,13,14). The average Bonchev–Trinajstić information content (AvgIpc) is 3.12. The zero-order valence-corrected chi connectivity index (χ0v) is 11.3. The van der Waals surface area contributed by atoms with Crippen molar-refractivity contribution >= 4 is 15.8 Å². The molecule has 0 radical (unpaired) electrons. The van der Waals surface area contributed by atoms with Gasteiger partial charge in [-0.25, -0.2) is 18.1 Å². The molecular formula is C12H19N3O2S. The summed E-state index contributed by atoms with van der Waals surface area (Å²) in [6, 6.07) is 3.04. The Bertz CT molecular complexity index is 512. The minimum atomic E-state index is -3.56. The summed E-state index contributed by atoms with van der Waals surface area (Å²) in [6.45, 7) is 1.99. The summed E-state index contributed by atoms with van der Waals surface area (Å²) in [6.07, 6.45) is 5.61. The van der Waals surface area contributed by atoms with Gasteiger partial charge in [0.15, 0.2) is 0 Å². The number of nitrogens with two attached hydrogens (primary N) is 1. The first kappa shape index (κ1) is 13.3. The number of nitrogens with one attached hydrogen (secondary N) is 1. The first-order chi connectivity index (χ1) is 8.53. The SMILES string of the molecule is CCC(CC1CC1)NS(=O)(=O)c1cccnc1N. The van der Waals surface area contributed by atoms with E-state index in [9.17, 15) is 8.42 Å². The predicted octanol–water partition coefficient (Wildman–Crippen LogP) is 1.52. The fourth-order valence-electron chi connectivity index (χ4n) is 1.97. The number of sulfonamides is 1. The number of aromatic nitrogens is 1. The minimum Gasteiger partial charge on any atom is -0.383 e. The van der Waals surface area contributed by atoms with Gasteiger partial charge in [0.25, 0.3) is 0 Å². The maximum absolute atomic E-state index is 12.2. The lowest BCUT2D eigenvalue weighted by molar-refractivity contribution is 0.495. The molecule has 1 heterocycles. The van der Waals surface area contributed by atoms with E-state index in [1.165, 1.54) is 25.1 Å². The lowest BCUT2D eigenvalue weighted by atomic mass is 10.1. The summed E-state index contributed by atoms with van der Waals surface area (Å²) < 4.78 is 27.1. The van der Waals surface area contributed by atoms with Crippen LogP contribution in [-0.4, -0.2) is 19.4 Å². The van der Waals surface area contributed by atoms with Crippen LogP contribution >= 0.6 is 0 Å². The van der Waals surface area contributed by atoms with E-state index in [0.29, 0.717) is 5.92 Å². The summed E-state index contributed by atoms with van der Waals surface area (Å²) in [4.78, 5) is 3.88.